The zero-order valence-corrected chi connectivity index (χ0v) is 18.6. The van der Waals surface area contributed by atoms with Gasteiger partial charge in [0, 0.05) is 30.8 Å². The van der Waals surface area contributed by atoms with Crippen LogP contribution in [0.2, 0.25) is 0 Å². The maximum atomic E-state index is 13.2. The Bertz CT molecular complexity index is 1160. The second-order valence-corrected chi connectivity index (χ2v) is 8.31. The number of carbonyl (C=O) groups excluding carboxylic acids is 2. The van der Waals surface area contributed by atoms with E-state index in [0.717, 1.165) is 16.8 Å². The minimum atomic E-state index is -0.321. The standard InChI is InChI=1S/C27H26N4O2/c1-19-6-2-3-7-23(19)25(24-8-4-5-15-29-24)30-26(32)21-13-16-31(17-14-21)27(33)22-11-9-20(18-28)10-12-22/h2-12,15,21,25H,13-14,16-17H2,1H3,(H,30,32). The normalized spacial score (nSPS) is 14.8. The fourth-order valence-corrected chi connectivity index (χ4v) is 4.24. The highest BCUT2D eigenvalue weighted by Gasteiger charge is 2.30. The van der Waals surface area contributed by atoms with Crippen LogP contribution in [0.5, 0.6) is 0 Å². The van der Waals surface area contributed by atoms with Crippen LogP contribution in [0.15, 0.2) is 72.9 Å². The molecule has 166 valence electrons. The summed E-state index contributed by atoms with van der Waals surface area (Å²) in [4.78, 5) is 32.3. The van der Waals surface area contributed by atoms with Gasteiger partial charge in [0.2, 0.25) is 5.91 Å². The Morgan fingerprint density at radius 1 is 1.03 bits per heavy atom. The molecule has 1 fully saturated rings. The minimum Gasteiger partial charge on any atom is -0.343 e. The number of piperidine rings is 1. The van der Waals surface area contributed by atoms with Gasteiger partial charge in [-0.3, -0.25) is 14.6 Å². The molecule has 0 radical (unpaired) electrons. The van der Waals surface area contributed by atoms with Gasteiger partial charge in [-0.1, -0.05) is 30.3 Å². The number of nitrogens with zero attached hydrogens (tertiary/aromatic N) is 3. The van der Waals surface area contributed by atoms with Crippen molar-refractivity contribution in [2.24, 2.45) is 5.92 Å². The largest absolute Gasteiger partial charge is 0.343 e. The Balaban J connectivity index is 1.42. The van der Waals surface area contributed by atoms with Gasteiger partial charge < -0.3 is 10.2 Å². The van der Waals surface area contributed by atoms with Crippen LogP contribution >= 0.6 is 0 Å². The average Bonchev–Trinajstić information content (AvgIpc) is 2.88. The number of aromatic nitrogens is 1. The summed E-state index contributed by atoms with van der Waals surface area (Å²) in [6.07, 6.45) is 2.95. The first-order valence-corrected chi connectivity index (χ1v) is 11.1. The van der Waals surface area contributed by atoms with Gasteiger partial charge in [-0.15, -0.1) is 0 Å². The van der Waals surface area contributed by atoms with Gasteiger partial charge in [0.15, 0.2) is 0 Å². The molecule has 0 aliphatic carbocycles. The Morgan fingerprint density at radius 3 is 2.36 bits per heavy atom. The number of hydrogen-bond donors (Lipinski definition) is 1. The molecule has 2 heterocycles. The van der Waals surface area contributed by atoms with E-state index < -0.39 is 0 Å². The van der Waals surface area contributed by atoms with E-state index in [1.165, 1.54) is 0 Å². The number of hydrogen-bond acceptors (Lipinski definition) is 4. The Hall–Kier alpha value is -3.98. The van der Waals surface area contributed by atoms with E-state index in [4.69, 9.17) is 5.26 Å². The molecule has 2 amide bonds. The quantitative estimate of drug-likeness (QED) is 0.652. The number of amides is 2. The van der Waals surface area contributed by atoms with Gasteiger partial charge in [0.05, 0.1) is 23.4 Å². The monoisotopic (exact) mass is 438 g/mol. The van der Waals surface area contributed by atoms with Crippen LogP contribution in [0.4, 0.5) is 0 Å². The SMILES string of the molecule is Cc1ccccc1C(NC(=O)C1CCN(C(=O)c2ccc(C#N)cc2)CC1)c1ccccn1. The zero-order valence-electron chi connectivity index (χ0n) is 18.6. The van der Waals surface area contributed by atoms with E-state index in [1.807, 2.05) is 49.4 Å². The molecule has 0 saturated carbocycles. The van der Waals surface area contributed by atoms with E-state index in [2.05, 4.69) is 16.4 Å². The van der Waals surface area contributed by atoms with Crippen LogP contribution in [0, 0.1) is 24.2 Å². The first-order valence-electron chi connectivity index (χ1n) is 11.1. The maximum Gasteiger partial charge on any atom is 0.253 e. The smallest absolute Gasteiger partial charge is 0.253 e. The Kier molecular flexibility index (Phi) is 6.80. The van der Waals surface area contributed by atoms with Gasteiger partial charge >= 0.3 is 0 Å². The summed E-state index contributed by atoms with van der Waals surface area (Å²) in [5, 5.41) is 12.1. The third kappa shape index (κ3) is 5.09. The van der Waals surface area contributed by atoms with E-state index in [1.54, 1.807) is 35.4 Å². The maximum absolute atomic E-state index is 13.2. The topological polar surface area (TPSA) is 86.1 Å². The van der Waals surface area contributed by atoms with Crippen molar-refractivity contribution < 1.29 is 9.59 Å². The molecule has 1 N–H and O–H groups in total. The number of carbonyl (C=O) groups is 2. The summed E-state index contributed by atoms with van der Waals surface area (Å²) in [6.45, 7) is 3.08. The van der Waals surface area contributed by atoms with Crippen molar-refractivity contribution in [1.82, 2.24) is 15.2 Å². The molecule has 6 heteroatoms. The average molecular weight is 439 g/mol. The minimum absolute atomic E-state index is 0.0145. The summed E-state index contributed by atoms with van der Waals surface area (Å²) in [5.74, 6) is -0.241. The first-order chi connectivity index (χ1) is 16.1. The predicted octanol–water partition coefficient (Wildman–Crippen LogP) is 4.02. The molecule has 3 aromatic rings. The van der Waals surface area contributed by atoms with Crippen LogP contribution in [0.1, 0.15) is 51.6 Å². The van der Waals surface area contributed by atoms with Crippen LogP contribution in [-0.2, 0) is 4.79 Å². The molecule has 1 aromatic heterocycles. The molecule has 1 aliphatic heterocycles. The number of benzene rings is 2. The predicted molar refractivity (Wildman–Crippen MR) is 125 cm³/mol. The van der Waals surface area contributed by atoms with Gasteiger partial charge in [-0.25, -0.2) is 0 Å². The highest BCUT2D eigenvalue weighted by Crippen LogP contribution is 2.26. The molecule has 33 heavy (non-hydrogen) atoms. The van der Waals surface area contributed by atoms with Crippen molar-refractivity contribution in [3.63, 3.8) is 0 Å². The summed E-state index contributed by atoms with van der Waals surface area (Å²) < 4.78 is 0. The first kappa shape index (κ1) is 22.2. The lowest BCUT2D eigenvalue weighted by Crippen LogP contribution is -2.44. The fourth-order valence-electron chi connectivity index (χ4n) is 4.24. The lowest BCUT2D eigenvalue weighted by atomic mass is 9.93. The molecule has 0 bridgehead atoms. The van der Waals surface area contributed by atoms with Crippen molar-refractivity contribution in [3.05, 3.63) is 101 Å². The summed E-state index contributed by atoms with van der Waals surface area (Å²) in [5.41, 5.74) is 4.01. The van der Waals surface area contributed by atoms with E-state index in [-0.39, 0.29) is 23.8 Å². The summed E-state index contributed by atoms with van der Waals surface area (Å²) >= 11 is 0. The summed E-state index contributed by atoms with van der Waals surface area (Å²) in [7, 11) is 0. The van der Waals surface area contributed by atoms with Crippen LogP contribution < -0.4 is 5.32 Å². The molecular formula is C27H26N4O2. The number of likely N-dealkylation sites (tertiary alicyclic amines) is 1. The molecular weight excluding hydrogens is 412 g/mol. The Labute approximate surface area is 193 Å². The van der Waals surface area contributed by atoms with E-state index in [0.29, 0.717) is 37.1 Å². The van der Waals surface area contributed by atoms with Gasteiger partial charge in [-0.05, 0) is 67.3 Å². The highest BCUT2D eigenvalue weighted by atomic mass is 16.2. The highest BCUT2D eigenvalue weighted by molar-refractivity contribution is 5.94. The van der Waals surface area contributed by atoms with E-state index >= 15 is 0 Å². The lowest BCUT2D eigenvalue weighted by molar-refractivity contribution is -0.126. The number of nitrogens with one attached hydrogen (secondary N) is 1. The second kappa shape index (κ2) is 10.1. The number of aryl methyl sites for hydroxylation is 1. The number of pyridine rings is 1. The van der Waals surface area contributed by atoms with Gasteiger partial charge in [0.25, 0.3) is 5.91 Å². The van der Waals surface area contributed by atoms with Gasteiger partial charge in [-0.2, -0.15) is 5.26 Å². The van der Waals surface area contributed by atoms with Crippen LogP contribution in [-0.4, -0.2) is 34.8 Å². The Morgan fingerprint density at radius 2 is 1.73 bits per heavy atom. The number of nitriles is 1. The third-order valence-electron chi connectivity index (χ3n) is 6.18. The summed E-state index contributed by atoms with van der Waals surface area (Å²) in [6, 6.07) is 22.1. The second-order valence-electron chi connectivity index (χ2n) is 8.31. The van der Waals surface area contributed by atoms with Gasteiger partial charge in [0.1, 0.15) is 0 Å². The molecule has 4 rings (SSSR count). The molecule has 0 spiro atoms. The molecule has 2 aromatic carbocycles. The van der Waals surface area contributed by atoms with Crippen molar-refractivity contribution in [2.45, 2.75) is 25.8 Å². The molecule has 1 saturated heterocycles. The number of rotatable bonds is 5. The van der Waals surface area contributed by atoms with Crippen LogP contribution in [0.3, 0.4) is 0 Å². The molecule has 1 unspecified atom stereocenters. The van der Waals surface area contributed by atoms with Crippen molar-refractivity contribution in [1.29, 1.82) is 5.26 Å². The van der Waals surface area contributed by atoms with E-state index in [9.17, 15) is 9.59 Å². The fraction of sp³-hybridized carbons (Fsp3) is 0.259. The van der Waals surface area contributed by atoms with Crippen molar-refractivity contribution in [3.8, 4) is 6.07 Å². The zero-order chi connectivity index (χ0) is 23.2. The van der Waals surface area contributed by atoms with Crippen molar-refractivity contribution in [2.75, 3.05) is 13.1 Å². The lowest BCUT2D eigenvalue weighted by Gasteiger charge is -2.32. The molecule has 6 nitrogen and oxygen atoms in total. The molecule has 1 aliphatic rings. The third-order valence-corrected chi connectivity index (χ3v) is 6.18. The van der Waals surface area contributed by atoms with Crippen molar-refractivity contribution >= 4 is 11.8 Å². The van der Waals surface area contributed by atoms with Crippen LogP contribution in [0.25, 0.3) is 0 Å². The molecule has 1 atom stereocenters.